The van der Waals surface area contributed by atoms with Crippen LogP contribution in [0.5, 0.6) is 0 Å². The predicted molar refractivity (Wildman–Crippen MR) is 74.8 cm³/mol. The summed E-state index contributed by atoms with van der Waals surface area (Å²) in [6, 6.07) is 0. The van der Waals surface area contributed by atoms with Gasteiger partial charge in [-0.25, -0.2) is 0 Å². The number of aliphatic imine (C=N–C) groups is 1. The molecule has 0 aromatic carbocycles. The maximum Gasteiger partial charge on any atom is 0.191 e. The molecule has 0 radical (unpaired) electrons. The molecule has 0 saturated carbocycles. The molecule has 104 valence electrons. The maximum atomic E-state index is 5.99. The maximum absolute atomic E-state index is 5.99. The number of nitrogens with one attached hydrogen (secondary N) is 2. The van der Waals surface area contributed by atoms with Crippen LogP contribution in [-0.4, -0.2) is 38.3 Å². The van der Waals surface area contributed by atoms with Gasteiger partial charge in [-0.1, -0.05) is 20.8 Å². The molecule has 0 spiro atoms. The Hall–Kier alpha value is -0.770. The first-order valence-corrected chi connectivity index (χ1v) is 7.21. The highest BCUT2D eigenvalue weighted by molar-refractivity contribution is 5.80. The van der Waals surface area contributed by atoms with Crippen LogP contribution in [0.15, 0.2) is 4.99 Å². The molecule has 1 fully saturated rings. The van der Waals surface area contributed by atoms with Crippen LogP contribution in [0.1, 0.15) is 40.0 Å². The van der Waals surface area contributed by atoms with Crippen molar-refractivity contribution in [3.05, 3.63) is 0 Å². The molecule has 2 unspecified atom stereocenters. The summed E-state index contributed by atoms with van der Waals surface area (Å²) in [5, 5.41) is 6.76. The van der Waals surface area contributed by atoms with Crippen LogP contribution >= 0.6 is 0 Å². The average Bonchev–Trinajstić information content (AvgIpc) is 2.37. The van der Waals surface area contributed by atoms with Crippen LogP contribution in [0.3, 0.4) is 0 Å². The second-order valence-electron chi connectivity index (χ2n) is 6.45. The quantitative estimate of drug-likeness (QED) is 0.788. The SMILES string of the molecule is CC(C)(C)C1OCCCC1CNC1=NCCCN1. The average molecular weight is 253 g/mol. The highest BCUT2D eigenvalue weighted by Crippen LogP contribution is 2.33. The van der Waals surface area contributed by atoms with E-state index in [1.165, 1.54) is 12.8 Å². The summed E-state index contributed by atoms with van der Waals surface area (Å²) in [7, 11) is 0. The Morgan fingerprint density at radius 3 is 2.89 bits per heavy atom. The van der Waals surface area contributed by atoms with Crippen LogP contribution in [0.4, 0.5) is 0 Å². The summed E-state index contributed by atoms with van der Waals surface area (Å²) in [4.78, 5) is 4.45. The van der Waals surface area contributed by atoms with Gasteiger partial charge in [0.25, 0.3) is 0 Å². The number of ether oxygens (including phenoxy) is 1. The zero-order chi connectivity index (χ0) is 13.0. The van der Waals surface area contributed by atoms with Crippen molar-refractivity contribution in [3.63, 3.8) is 0 Å². The summed E-state index contributed by atoms with van der Waals surface area (Å²) >= 11 is 0. The number of hydrogen-bond acceptors (Lipinski definition) is 4. The second-order valence-corrected chi connectivity index (χ2v) is 6.45. The minimum Gasteiger partial charge on any atom is -0.377 e. The molecule has 0 aromatic heterocycles. The Balaban J connectivity index is 1.87. The minimum absolute atomic E-state index is 0.217. The van der Waals surface area contributed by atoms with E-state index in [-0.39, 0.29) is 5.41 Å². The van der Waals surface area contributed by atoms with Gasteiger partial charge in [0, 0.05) is 32.2 Å². The molecule has 4 nitrogen and oxygen atoms in total. The van der Waals surface area contributed by atoms with Crippen molar-refractivity contribution in [2.75, 3.05) is 26.2 Å². The van der Waals surface area contributed by atoms with Gasteiger partial charge in [0.15, 0.2) is 5.96 Å². The van der Waals surface area contributed by atoms with E-state index < -0.39 is 0 Å². The van der Waals surface area contributed by atoms with Crippen molar-refractivity contribution in [1.82, 2.24) is 10.6 Å². The third kappa shape index (κ3) is 3.61. The molecule has 1 saturated heterocycles. The lowest BCUT2D eigenvalue weighted by atomic mass is 9.78. The number of nitrogens with zero attached hydrogens (tertiary/aromatic N) is 1. The molecular weight excluding hydrogens is 226 g/mol. The molecular formula is C14H27N3O. The first-order chi connectivity index (χ1) is 8.57. The number of hydrogen-bond donors (Lipinski definition) is 2. The van der Waals surface area contributed by atoms with Gasteiger partial charge in [0.2, 0.25) is 0 Å². The Labute approximate surface area is 111 Å². The molecule has 0 aliphatic carbocycles. The van der Waals surface area contributed by atoms with E-state index in [1.54, 1.807) is 0 Å². The van der Waals surface area contributed by atoms with Crippen LogP contribution in [0.25, 0.3) is 0 Å². The standard InChI is InChI=1S/C14H27N3O/c1-14(2,3)12-11(6-4-9-18-12)10-17-13-15-7-5-8-16-13/h11-12H,4-10H2,1-3H3,(H2,15,16,17). The number of rotatable bonds is 2. The zero-order valence-corrected chi connectivity index (χ0v) is 12.0. The highest BCUT2D eigenvalue weighted by atomic mass is 16.5. The molecule has 2 atom stereocenters. The van der Waals surface area contributed by atoms with E-state index in [1.807, 2.05) is 0 Å². The molecule has 0 aromatic rings. The molecule has 2 aliphatic rings. The molecule has 4 heteroatoms. The summed E-state index contributed by atoms with van der Waals surface area (Å²) in [5.41, 5.74) is 0.217. The second kappa shape index (κ2) is 5.91. The van der Waals surface area contributed by atoms with Gasteiger partial charge >= 0.3 is 0 Å². The summed E-state index contributed by atoms with van der Waals surface area (Å²) in [6.07, 6.45) is 3.92. The molecule has 0 bridgehead atoms. The van der Waals surface area contributed by atoms with E-state index in [0.29, 0.717) is 12.0 Å². The Morgan fingerprint density at radius 1 is 1.39 bits per heavy atom. The third-order valence-corrected chi connectivity index (χ3v) is 3.73. The number of guanidine groups is 1. The van der Waals surface area contributed by atoms with E-state index in [2.05, 4.69) is 36.4 Å². The fourth-order valence-electron chi connectivity index (χ4n) is 2.89. The van der Waals surface area contributed by atoms with Crippen molar-refractivity contribution in [2.45, 2.75) is 46.1 Å². The lowest BCUT2D eigenvalue weighted by Gasteiger charge is -2.40. The van der Waals surface area contributed by atoms with Gasteiger partial charge in [-0.2, -0.15) is 0 Å². The fraction of sp³-hybridized carbons (Fsp3) is 0.929. The van der Waals surface area contributed by atoms with E-state index in [4.69, 9.17) is 4.74 Å². The van der Waals surface area contributed by atoms with Crippen molar-refractivity contribution >= 4 is 5.96 Å². The zero-order valence-electron chi connectivity index (χ0n) is 12.0. The largest absolute Gasteiger partial charge is 0.377 e. The first-order valence-electron chi connectivity index (χ1n) is 7.21. The van der Waals surface area contributed by atoms with Gasteiger partial charge in [-0.15, -0.1) is 0 Å². The molecule has 2 heterocycles. The van der Waals surface area contributed by atoms with Crippen molar-refractivity contribution < 1.29 is 4.74 Å². The molecule has 0 amide bonds. The topological polar surface area (TPSA) is 45.6 Å². The highest BCUT2D eigenvalue weighted by Gasteiger charge is 2.35. The van der Waals surface area contributed by atoms with Gasteiger partial charge in [-0.3, -0.25) is 4.99 Å². The molecule has 2 rings (SSSR count). The van der Waals surface area contributed by atoms with Crippen molar-refractivity contribution in [2.24, 2.45) is 16.3 Å². The lowest BCUT2D eigenvalue weighted by Crippen LogP contribution is -2.48. The lowest BCUT2D eigenvalue weighted by molar-refractivity contribution is -0.0835. The normalized spacial score (nSPS) is 29.4. The molecule has 2 N–H and O–H groups in total. The van der Waals surface area contributed by atoms with E-state index >= 15 is 0 Å². The Morgan fingerprint density at radius 2 is 2.22 bits per heavy atom. The smallest absolute Gasteiger partial charge is 0.191 e. The van der Waals surface area contributed by atoms with Gasteiger partial charge in [0.05, 0.1) is 6.10 Å². The minimum atomic E-state index is 0.217. The van der Waals surface area contributed by atoms with Gasteiger partial charge in [0.1, 0.15) is 0 Å². The Kier molecular flexibility index (Phi) is 4.49. The van der Waals surface area contributed by atoms with Crippen LogP contribution in [-0.2, 0) is 4.74 Å². The first kappa shape index (κ1) is 13.7. The summed E-state index contributed by atoms with van der Waals surface area (Å²) < 4.78 is 5.99. The predicted octanol–water partition coefficient (Wildman–Crippen LogP) is 1.77. The van der Waals surface area contributed by atoms with Gasteiger partial charge < -0.3 is 15.4 Å². The van der Waals surface area contributed by atoms with Crippen molar-refractivity contribution in [1.29, 1.82) is 0 Å². The third-order valence-electron chi connectivity index (χ3n) is 3.73. The summed E-state index contributed by atoms with van der Waals surface area (Å²) in [6.45, 7) is 10.7. The van der Waals surface area contributed by atoms with Crippen molar-refractivity contribution in [3.8, 4) is 0 Å². The van der Waals surface area contributed by atoms with E-state index in [0.717, 1.165) is 38.6 Å². The van der Waals surface area contributed by atoms with E-state index in [9.17, 15) is 0 Å². The van der Waals surface area contributed by atoms with Gasteiger partial charge in [-0.05, 0) is 24.7 Å². The molecule has 2 aliphatic heterocycles. The fourth-order valence-corrected chi connectivity index (χ4v) is 2.89. The Bertz CT molecular complexity index is 296. The summed E-state index contributed by atoms with van der Waals surface area (Å²) in [5.74, 6) is 1.56. The monoisotopic (exact) mass is 253 g/mol. The molecule has 18 heavy (non-hydrogen) atoms. The van der Waals surface area contributed by atoms with Crippen LogP contribution < -0.4 is 10.6 Å². The van der Waals surface area contributed by atoms with Crippen LogP contribution in [0, 0.1) is 11.3 Å². The van der Waals surface area contributed by atoms with Crippen LogP contribution in [0.2, 0.25) is 0 Å².